The van der Waals surface area contributed by atoms with E-state index in [0.717, 1.165) is 6.07 Å². The zero-order chi connectivity index (χ0) is 11.6. The van der Waals surface area contributed by atoms with Crippen molar-refractivity contribution in [2.75, 3.05) is 7.11 Å². The number of esters is 1. The smallest absolute Gasteiger partial charge is 0.356 e. The van der Waals surface area contributed by atoms with E-state index in [0.29, 0.717) is 5.56 Å². The molecular formula is C9H8ClF2NO2. The lowest BCUT2D eigenvalue weighted by atomic mass is 10.1. The third-order valence-corrected chi connectivity index (χ3v) is 2.11. The Balaban J connectivity index is 3.25. The van der Waals surface area contributed by atoms with Crippen molar-refractivity contribution >= 4 is 17.6 Å². The monoisotopic (exact) mass is 235 g/mol. The molecule has 1 rings (SSSR count). The quantitative estimate of drug-likeness (QED) is 0.585. The molecule has 0 fully saturated rings. The van der Waals surface area contributed by atoms with Crippen LogP contribution in [-0.2, 0) is 4.74 Å². The van der Waals surface area contributed by atoms with E-state index in [1.54, 1.807) is 0 Å². The van der Waals surface area contributed by atoms with Crippen LogP contribution in [0.5, 0.6) is 0 Å². The first-order valence-corrected chi connectivity index (χ1v) is 4.38. The Morgan fingerprint density at radius 3 is 2.67 bits per heavy atom. The maximum absolute atomic E-state index is 12.4. The summed E-state index contributed by atoms with van der Waals surface area (Å²) < 4.78 is 29.2. The van der Waals surface area contributed by atoms with Gasteiger partial charge < -0.3 is 4.74 Å². The van der Waals surface area contributed by atoms with Crippen molar-refractivity contribution in [3.8, 4) is 0 Å². The molecule has 0 aromatic carbocycles. The van der Waals surface area contributed by atoms with E-state index >= 15 is 0 Å². The molecule has 3 nitrogen and oxygen atoms in total. The standard InChI is InChI=1S/C9H8ClF2NO2/c1-4-3-5(8(11)12)7(10)13-6(4)9(14)15-2/h3,8H,1-2H3. The molecule has 1 aromatic rings. The van der Waals surface area contributed by atoms with Gasteiger partial charge in [-0.2, -0.15) is 0 Å². The minimum atomic E-state index is -2.71. The molecule has 0 aliphatic rings. The zero-order valence-electron chi connectivity index (χ0n) is 8.05. The molecule has 0 radical (unpaired) electrons. The summed E-state index contributed by atoms with van der Waals surface area (Å²) in [5.74, 6) is -0.699. The number of hydrogen-bond acceptors (Lipinski definition) is 3. The number of aromatic nitrogens is 1. The van der Waals surface area contributed by atoms with Crippen LogP contribution in [0.4, 0.5) is 8.78 Å². The number of alkyl halides is 2. The van der Waals surface area contributed by atoms with Crippen LogP contribution in [-0.4, -0.2) is 18.1 Å². The second kappa shape index (κ2) is 4.53. The highest BCUT2D eigenvalue weighted by Gasteiger charge is 2.19. The fourth-order valence-corrected chi connectivity index (χ4v) is 1.29. The molecule has 0 saturated heterocycles. The highest BCUT2D eigenvalue weighted by molar-refractivity contribution is 6.30. The average molecular weight is 236 g/mol. The Labute approximate surface area is 90.0 Å². The Hall–Kier alpha value is -1.23. The number of pyridine rings is 1. The van der Waals surface area contributed by atoms with E-state index < -0.39 is 12.4 Å². The minimum absolute atomic E-state index is 0.0492. The maximum Gasteiger partial charge on any atom is 0.356 e. The van der Waals surface area contributed by atoms with Gasteiger partial charge in [0.15, 0.2) is 5.69 Å². The van der Waals surface area contributed by atoms with Crippen LogP contribution in [0.2, 0.25) is 5.15 Å². The summed E-state index contributed by atoms with van der Waals surface area (Å²) in [6.45, 7) is 1.49. The first-order chi connectivity index (χ1) is 6.97. The van der Waals surface area contributed by atoms with Crippen LogP contribution in [0.25, 0.3) is 0 Å². The van der Waals surface area contributed by atoms with E-state index in [2.05, 4.69) is 9.72 Å². The molecule has 0 aliphatic heterocycles. The Morgan fingerprint density at radius 2 is 2.20 bits per heavy atom. The fourth-order valence-electron chi connectivity index (χ4n) is 1.07. The number of carbonyl (C=O) groups excluding carboxylic acids is 1. The Morgan fingerprint density at radius 1 is 1.60 bits per heavy atom. The molecule has 0 N–H and O–H groups in total. The average Bonchev–Trinajstić information content (AvgIpc) is 2.19. The van der Waals surface area contributed by atoms with E-state index in [1.165, 1.54) is 14.0 Å². The van der Waals surface area contributed by atoms with Crippen LogP contribution in [0.15, 0.2) is 6.07 Å². The number of carbonyl (C=O) groups is 1. The lowest BCUT2D eigenvalue weighted by molar-refractivity contribution is 0.0592. The number of rotatable bonds is 2. The van der Waals surface area contributed by atoms with E-state index in [9.17, 15) is 13.6 Å². The molecule has 82 valence electrons. The van der Waals surface area contributed by atoms with Crippen molar-refractivity contribution in [2.24, 2.45) is 0 Å². The van der Waals surface area contributed by atoms with Gasteiger partial charge >= 0.3 is 5.97 Å². The van der Waals surface area contributed by atoms with Gasteiger partial charge in [-0.25, -0.2) is 18.6 Å². The van der Waals surface area contributed by atoms with E-state index in [-0.39, 0.29) is 16.4 Å². The second-order valence-corrected chi connectivity index (χ2v) is 3.18. The van der Waals surface area contributed by atoms with Gasteiger partial charge in [-0.05, 0) is 18.6 Å². The van der Waals surface area contributed by atoms with Gasteiger partial charge in [0.1, 0.15) is 5.15 Å². The van der Waals surface area contributed by atoms with Gasteiger partial charge in [-0.3, -0.25) is 0 Å². The van der Waals surface area contributed by atoms with Crippen molar-refractivity contribution in [1.82, 2.24) is 4.98 Å². The molecule has 0 saturated carbocycles. The van der Waals surface area contributed by atoms with Gasteiger partial charge in [0.05, 0.1) is 12.7 Å². The number of methoxy groups -OCH3 is 1. The van der Waals surface area contributed by atoms with Crippen molar-refractivity contribution in [3.63, 3.8) is 0 Å². The van der Waals surface area contributed by atoms with Crippen LogP contribution >= 0.6 is 11.6 Å². The van der Waals surface area contributed by atoms with E-state index in [4.69, 9.17) is 11.6 Å². The van der Waals surface area contributed by atoms with Crippen molar-refractivity contribution in [3.05, 3.63) is 28.0 Å². The van der Waals surface area contributed by atoms with Crippen LogP contribution in [0.1, 0.15) is 28.0 Å². The Bertz CT molecular complexity index is 396. The molecule has 0 bridgehead atoms. The van der Waals surface area contributed by atoms with Crippen molar-refractivity contribution in [2.45, 2.75) is 13.3 Å². The lowest BCUT2D eigenvalue weighted by Crippen LogP contribution is -2.08. The van der Waals surface area contributed by atoms with Crippen LogP contribution < -0.4 is 0 Å². The first kappa shape index (κ1) is 11.8. The highest BCUT2D eigenvalue weighted by atomic mass is 35.5. The summed E-state index contributed by atoms with van der Waals surface area (Å²) in [7, 11) is 1.18. The van der Waals surface area contributed by atoms with Gasteiger partial charge in [0, 0.05) is 0 Å². The molecule has 0 amide bonds. The molecule has 0 unspecified atom stereocenters. The molecule has 1 heterocycles. The first-order valence-electron chi connectivity index (χ1n) is 4.01. The predicted molar refractivity (Wildman–Crippen MR) is 50.3 cm³/mol. The number of aryl methyl sites for hydroxylation is 1. The zero-order valence-corrected chi connectivity index (χ0v) is 8.81. The van der Waals surface area contributed by atoms with Crippen LogP contribution in [0, 0.1) is 6.92 Å². The van der Waals surface area contributed by atoms with Crippen molar-refractivity contribution in [1.29, 1.82) is 0 Å². The molecular weight excluding hydrogens is 228 g/mol. The summed E-state index contributed by atoms with van der Waals surface area (Å²) in [6, 6.07) is 1.13. The predicted octanol–water partition coefficient (Wildman–Crippen LogP) is 2.77. The Kier molecular flexibility index (Phi) is 3.57. The summed E-state index contributed by atoms with van der Waals surface area (Å²) >= 11 is 5.50. The third kappa shape index (κ3) is 2.41. The van der Waals surface area contributed by atoms with Crippen molar-refractivity contribution < 1.29 is 18.3 Å². The lowest BCUT2D eigenvalue weighted by Gasteiger charge is -2.07. The number of ether oxygens (including phenoxy) is 1. The summed E-state index contributed by atoms with van der Waals surface area (Å²) in [4.78, 5) is 14.7. The molecule has 0 aliphatic carbocycles. The minimum Gasteiger partial charge on any atom is -0.464 e. The summed E-state index contributed by atoms with van der Waals surface area (Å²) in [6.07, 6.45) is -2.71. The topological polar surface area (TPSA) is 39.2 Å². The number of nitrogens with zero attached hydrogens (tertiary/aromatic N) is 1. The molecule has 6 heteroatoms. The molecule has 1 aromatic heterocycles. The maximum atomic E-state index is 12.4. The van der Waals surface area contributed by atoms with Gasteiger partial charge in [-0.15, -0.1) is 0 Å². The SMILES string of the molecule is COC(=O)c1nc(Cl)c(C(F)F)cc1C. The second-order valence-electron chi connectivity index (χ2n) is 2.83. The van der Waals surface area contributed by atoms with Gasteiger partial charge in [-0.1, -0.05) is 11.6 Å². The molecule has 0 atom stereocenters. The van der Waals surface area contributed by atoms with E-state index in [1.807, 2.05) is 0 Å². The van der Waals surface area contributed by atoms with Crippen LogP contribution in [0.3, 0.4) is 0 Å². The summed E-state index contributed by atoms with van der Waals surface area (Å²) in [5.41, 5.74) is -0.129. The molecule has 15 heavy (non-hydrogen) atoms. The van der Waals surface area contributed by atoms with Gasteiger partial charge in [0.25, 0.3) is 6.43 Å². The number of halogens is 3. The number of hydrogen-bond donors (Lipinski definition) is 0. The molecule has 0 spiro atoms. The summed E-state index contributed by atoms with van der Waals surface area (Å²) in [5, 5.41) is -0.379. The fraction of sp³-hybridized carbons (Fsp3) is 0.333. The largest absolute Gasteiger partial charge is 0.464 e. The highest BCUT2D eigenvalue weighted by Crippen LogP contribution is 2.27. The third-order valence-electron chi connectivity index (χ3n) is 1.81. The van der Waals surface area contributed by atoms with Gasteiger partial charge in [0.2, 0.25) is 0 Å². The normalized spacial score (nSPS) is 10.5.